The molecule has 1 heterocycles. The Morgan fingerprint density at radius 3 is 2.79 bits per heavy atom. The summed E-state index contributed by atoms with van der Waals surface area (Å²) in [6.45, 7) is 3.55. The summed E-state index contributed by atoms with van der Waals surface area (Å²) in [5.41, 5.74) is 5.39. The second-order valence-corrected chi connectivity index (χ2v) is 3.56. The topological polar surface area (TPSA) is 59.5 Å². The third-order valence-electron chi connectivity index (χ3n) is 1.85. The minimum absolute atomic E-state index is 0.122. The Morgan fingerprint density at radius 2 is 2.36 bits per heavy atom. The number of likely N-dealkylation sites (N-methyl/N-ethyl adjacent to an activating group) is 1. The maximum Gasteiger partial charge on any atom is 0.289 e. The molecule has 0 spiro atoms. The van der Waals surface area contributed by atoms with Crippen LogP contribution in [0.3, 0.4) is 0 Å². The van der Waals surface area contributed by atoms with Crippen molar-refractivity contribution in [3.8, 4) is 0 Å². The summed E-state index contributed by atoms with van der Waals surface area (Å²) in [7, 11) is 0. The Balaban J connectivity index is 2.72. The molecule has 0 bridgehead atoms. The molecular formula is C9H13BrN2O2. The van der Waals surface area contributed by atoms with Gasteiger partial charge in [0.05, 0.1) is 0 Å². The molecule has 5 heteroatoms. The first-order chi connectivity index (χ1) is 6.69. The van der Waals surface area contributed by atoms with Crippen molar-refractivity contribution < 1.29 is 9.21 Å². The molecule has 0 aliphatic carbocycles. The number of carbonyl (C=O) groups is 1. The fourth-order valence-corrected chi connectivity index (χ4v) is 1.45. The highest BCUT2D eigenvalue weighted by Crippen LogP contribution is 2.15. The van der Waals surface area contributed by atoms with Gasteiger partial charge < -0.3 is 15.1 Å². The second-order valence-electron chi connectivity index (χ2n) is 2.78. The standard InChI is InChI=1S/C9H13BrN2O2/c1-2-12(6-5-11)9(13)7-3-4-8(10)14-7/h3-4H,2,5-6,11H2,1H3. The van der Waals surface area contributed by atoms with Gasteiger partial charge >= 0.3 is 0 Å². The van der Waals surface area contributed by atoms with Crippen molar-refractivity contribution in [2.75, 3.05) is 19.6 Å². The van der Waals surface area contributed by atoms with Gasteiger partial charge in [0, 0.05) is 19.6 Å². The number of nitrogens with zero attached hydrogens (tertiary/aromatic N) is 1. The van der Waals surface area contributed by atoms with E-state index in [1.54, 1.807) is 17.0 Å². The highest BCUT2D eigenvalue weighted by Gasteiger charge is 2.16. The maximum atomic E-state index is 11.7. The number of hydrogen-bond acceptors (Lipinski definition) is 3. The summed E-state index contributed by atoms with van der Waals surface area (Å²) < 4.78 is 5.72. The van der Waals surface area contributed by atoms with E-state index >= 15 is 0 Å². The largest absolute Gasteiger partial charge is 0.444 e. The van der Waals surface area contributed by atoms with E-state index in [1.165, 1.54) is 0 Å². The molecule has 2 N–H and O–H groups in total. The molecule has 1 amide bonds. The first kappa shape index (κ1) is 11.3. The van der Waals surface area contributed by atoms with Crippen LogP contribution < -0.4 is 5.73 Å². The lowest BCUT2D eigenvalue weighted by Gasteiger charge is -2.18. The quantitative estimate of drug-likeness (QED) is 0.892. The van der Waals surface area contributed by atoms with E-state index in [2.05, 4.69) is 15.9 Å². The van der Waals surface area contributed by atoms with E-state index < -0.39 is 0 Å². The molecule has 0 fully saturated rings. The van der Waals surface area contributed by atoms with Crippen molar-refractivity contribution >= 4 is 21.8 Å². The monoisotopic (exact) mass is 260 g/mol. The molecule has 0 radical (unpaired) electrons. The second kappa shape index (κ2) is 5.17. The van der Waals surface area contributed by atoms with E-state index in [4.69, 9.17) is 10.2 Å². The number of furan rings is 1. The number of amides is 1. The van der Waals surface area contributed by atoms with Crippen molar-refractivity contribution in [2.24, 2.45) is 5.73 Å². The van der Waals surface area contributed by atoms with Crippen molar-refractivity contribution in [2.45, 2.75) is 6.92 Å². The summed E-state index contributed by atoms with van der Waals surface area (Å²) in [5.74, 6) is 0.218. The van der Waals surface area contributed by atoms with Crippen molar-refractivity contribution in [3.63, 3.8) is 0 Å². The molecule has 4 nitrogen and oxygen atoms in total. The Morgan fingerprint density at radius 1 is 1.64 bits per heavy atom. The average Bonchev–Trinajstić information content (AvgIpc) is 2.60. The van der Waals surface area contributed by atoms with E-state index in [0.717, 1.165) is 0 Å². The molecule has 0 aromatic carbocycles. The Kier molecular flexibility index (Phi) is 4.16. The van der Waals surface area contributed by atoms with Gasteiger partial charge in [0.15, 0.2) is 10.4 Å². The summed E-state index contributed by atoms with van der Waals surface area (Å²) >= 11 is 3.15. The third-order valence-corrected chi connectivity index (χ3v) is 2.28. The van der Waals surface area contributed by atoms with Crippen LogP contribution in [-0.4, -0.2) is 30.4 Å². The normalized spacial score (nSPS) is 10.2. The van der Waals surface area contributed by atoms with Crippen LogP contribution in [-0.2, 0) is 0 Å². The molecule has 78 valence electrons. The van der Waals surface area contributed by atoms with Gasteiger partial charge in [-0.25, -0.2) is 0 Å². The van der Waals surface area contributed by atoms with Crippen LogP contribution in [0.25, 0.3) is 0 Å². The number of carbonyl (C=O) groups excluding carboxylic acids is 1. The zero-order valence-electron chi connectivity index (χ0n) is 8.00. The summed E-state index contributed by atoms with van der Waals surface area (Å²) in [6, 6.07) is 3.34. The minimum atomic E-state index is -0.122. The third kappa shape index (κ3) is 2.59. The number of halogens is 1. The Bertz CT molecular complexity index is 312. The molecular weight excluding hydrogens is 248 g/mol. The number of rotatable bonds is 4. The van der Waals surface area contributed by atoms with Crippen molar-refractivity contribution in [1.29, 1.82) is 0 Å². The van der Waals surface area contributed by atoms with Gasteiger partial charge in [0.2, 0.25) is 0 Å². The lowest BCUT2D eigenvalue weighted by Crippen LogP contribution is -2.34. The zero-order chi connectivity index (χ0) is 10.6. The SMILES string of the molecule is CCN(CCN)C(=O)c1ccc(Br)o1. The number of nitrogens with two attached hydrogens (primary N) is 1. The minimum Gasteiger partial charge on any atom is -0.444 e. The summed E-state index contributed by atoms with van der Waals surface area (Å²) in [4.78, 5) is 13.4. The van der Waals surface area contributed by atoms with Crippen LogP contribution in [0.5, 0.6) is 0 Å². The Hall–Kier alpha value is -0.810. The van der Waals surface area contributed by atoms with Gasteiger partial charge in [-0.1, -0.05) is 0 Å². The average molecular weight is 261 g/mol. The van der Waals surface area contributed by atoms with Gasteiger partial charge in [0.25, 0.3) is 5.91 Å². The first-order valence-electron chi connectivity index (χ1n) is 4.43. The van der Waals surface area contributed by atoms with Crippen molar-refractivity contribution in [1.82, 2.24) is 4.90 Å². The van der Waals surface area contributed by atoms with Gasteiger partial charge in [-0.2, -0.15) is 0 Å². The molecule has 0 aliphatic rings. The van der Waals surface area contributed by atoms with Crippen molar-refractivity contribution in [3.05, 3.63) is 22.6 Å². The van der Waals surface area contributed by atoms with E-state index in [1.807, 2.05) is 6.92 Å². The summed E-state index contributed by atoms with van der Waals surface area (Å²) in [5, 5.41) is 0. The molecule has 0 atom stereocenters. The predicted molar refractivity (Wildman–Crippen MR) is 57.0 cm³/mol. The van der Waals surface area contributed by atoms with Crippen LogP contribution in [0.1, 0.15) is 17.5 Å². The van der Waals surface area contributed by atoms with Gasteiger partial charge in [0.1, 0.15) is 0 Å². The lowest BCUT2D eigenvalue weighted by molar-refractivity contribution is 0.0735. The van der Waals surface area contributed by atoms with E-state index in [-0.39, 0.29) is 5.91 Å². The molecule has 0 saturated heterocycles. The highest BCUT2D eigenvalue weighted by atomic mass is 79.9. The highest BCUT2D eigenvalue weighted by molar-refractivity contribution is 9.10. The van der Waals surface area contributed by atoms with Gasteiger partial charge in [-0.3, -0.25) is 4.79 Å². The van der Waals surface area contributed by atoms with Crippen LogP contribution in [0.2, 0.25) is 0 Å². The van der Waals surface area contributed by atoms with E-state index in [9.17, 15) is 4.79 Å². The van der Waals surface area contributed by atoms with Crippen LogP contribution in [0, 0.1) is 0 Å². The molecule has 14 heavy (non-hydrogen) atoms. The molecule has 1 aromatic heterocycles. The fourth-order valence-electron chi connectivity index (χ4n) is 1.14. The smallest absolute Gasteiger partial charge is 0.289 e. The Labute approximate surface area is 91.2 Å². The van der Waals surface area contributed by atoms with Gasteiger partial charge in [-0.15, -0.1) is 0 Å². The molecule has 1 aromatic rings. The molecule has 0 unspecified atom stereocenters. The van der Waals surface area contributed by atoms with Crippen LogP contribution in [0.15, 0.2) is 21.2 Å². The summed E-state index contributed by atoms with van der Waals surface area (Å²) in [6.07, 6.45) is 0. The fraction of sp³-hybridized carbons (Fsp3) is 0.444. The lowest BCUT2D eigenvalue weighted by atomic mass is 10.3. The maximum absolute atomic E-state index is 11.7. The first-order valence-corrected chi connectivity index (χ1v) is 5.23. The van der Waals surface area contributed by atoms with Gasteiger partial charge in [-0.05, 0) is 35.0 Å². The molecule has 0 aliphatic heterocycles. The van der Waals surface area contributed by atoms with E-state index in [0.29, 0.717) is 30.1 Å². The van der Waals surface area contributed by atoms with Crippen LogP contribution in [0.4, 0.5) is 0 Å². The molecule has 1 rings (SSSR count). The van der Waals surface area contributed by atoms with Crippen LogP contribution >= 0.6 is 15.9 Å². The molecule has 0 saturated carbocycles. The number of hydrogen-bond donors (Lipinski definition) is 1. The predicted octanol–water partition coefficient (Wildman–Crippen LogP) is 1.46. The zero-order valence-corrected chi connectivity index (χ0v) is 9.58.